The van der Waals surface area contributed by atoms with Gasteiger partial charge in [0, 0.05) is 18.8 Å². The van der Waals surface area contributed by atoms with Crippen LogP contribution in [0.2, 0.25) is 0 Å². The molecule has 130 valence electrons. The lowest BCUT2D eigenvalue weighted by Gasteiger charge is -2.32. The number of ether oxygens (including phenoxy) is 1. The third-order valence-electron chi connectivity index (χ3n) is 5.97. The Morgan fingerprint density at radius 3 is 2.21 bits per heavy atom. The maximum absolute atomic E-state index is 6.35. The zero-order valence-corrected chi connectivity index (χ0v) is 15.3. The molecular weight excluding hydrogens is 301 g/mol. The van der Waals surface area contributed by atoms with Crippen molar-refractivity contribution in [3.8, 4) is 0 Å². The quantitative estimate of drug-likeness (QED) is 0.798. The van der Waals surface area contributed by atoms with Crippen molar-refractivity contribution in [3.05, 3.63) is 23.8 Å². The highest BCUT2D eigenvalue weighted by Gasteiger charge is 2.52. The van der Waals surface area contributed by atoms with Gasteiger partial charge in [-0.2, -0.15) is 0 Å². The molecule has 2 heterocycles. The van der Waals surface area contributed by atoms with E-state index in [2.05, 4.69) is 50.8 Å². The number of nitrogens with zero attached hydrogens (tertiary/aromatic N) is 1. The van der Waals surface area contributed by atoms with Crippen molar-refractivity contribution in [1.29, 1.82) is 0 Å². The normalized spacial score (nSPS) is 26.0. The fraction of sp³-hybridized carbons (Fsp3) is 0.684. The Morgan fingerprint density at radius 2 is 1.62 bits per heavy atom. The van der Waals surface area contributed by atoms with Gasteiger partial charge in [0.15, 0.2) is 0 Å². The fourth-order valence-corrected chi connectivity index (χ4v) is 3.52. The Labute approximate surface area is 145 Å². The van der Waals surface area contributed by atoms with E-state index in [9.17, 15) is 0 Å². The molecule has 0 atom stereocenters. The van der Waals surface area contributed by atoms with E-state index in [0.717, 1.165) is 26.3 Å². The minimum Gasteiger partial charge on any atom is -0.399 e. The number of morpholine rings is 1. The second kappa shape index (κ2) is 5.75. The van der Waals surface area contributed by atoms with E-state index in [-0.39, 0.29) is 18.3 Å². The van der Waals surface area contributed by atoms with Gasteiger partial charge in [-0.3, -0.25) is 0 Å². The van der Waals surface area contributed by atoms with E-state index in [4.69, 9.17) is 14.0 Å². The lowest BCUT2D eigenvalue weighted by molar-refractivity contribution is 0.00578. The molecule has 4 nitrogen and oxygen atoms in total. The first-order chi connectivity index (χ1) is 11.4. The highest BCUT2D eigenvalue weighted by molar-refractivity contribution is 6.62. The smallest absolute Gasteiger partial charge is 0.399 e. The molecule has 1 aromatic rings. The van der Waals surface area contributed by atoms with E-state index >= 15 is 0 Å². The van der Waals surface area contributed by atoms with Crippen LogP contribution >= 0.6 is 0 Å². The molecule has 2 saturated heterocycles. The molecule has 0 unspecified atom stereocenters. The highest BCUT2D eigenvalue weighted by atomic mass is 16.7. The molecule has 1 aliphatic carbocycles. The Kier molecular flexibility index (Phi) is 3.94. The predicted molar refractivity (Wildman–Crippen MR) is 97.2 cm³/mol. The van der Waals surface area contributed by atoms with Crippen molar-refractivity contribution >= 4 is 18.3 Å². The van der Waals surface area contributed by atoms with Crippen LogP contribution in [-0.4, -0.2) is 44.6 Å². The second-order valence-electron chi connectivity index (χ2n) is 8.28. The van der Waals surface area contributed by atoms with Crippen molar-refractivity contribution in [2.45, 2.75) is 57.7 Å². The van der Waals surface area contributed by atoms with Crippen LogP contribution in [0.4, 0.5) is 5.69 Å². The van der Waals surface area contributed by atoms with Crippen molar-refractivity contribution in [3.63, 3.8) is 0 Å². The van der Waals surface area contributed by atoms with Crippen LogP contribution in [0.15, 0.2) is 18.2 Å². The minimum absolute atomic E-state index is 0.272. The Morgan fingerprint density at radius 1 is 1.00 bits per heavy atom. The summed E-state index contributed by atoms with van der Waals surface area (Å²) in [6.07, 6.45) is 2.56. The lowest BCUT2D eigenvalue weighted by Crippen LogP contribution is -2.41. The summed E-state index contributed by atoms with van der Waals surface area (Å²) < 4.78 is 18.2. The molecule has 0 amide bonds. The van der Waals surface area contributed by atoms with Gasteiger partial charge in [-0.15, -0.1) is 0 Å². The summed E-state index contributed by atoms with van der Waals surface area (Å²) >= 11 is 0. The van der Waals surface area contributed by atoms with Crippen LogP contribution in [0, 0.1) is 0 Å². The maximum atomic E-state index is 6.35. The van der Waals surface area contributed by atoms with Crippen LogP contribution in [0.25, 0.3) is 0 Å². The third kappa shape index (κ3) is 2.87. The summed E-state index contributed by atoms with van der Waals surface area (Å²) in [6, 6.07) is 6.84. The Balaban J connectivity index is 1.67. The van der Waals surface area contributed by atoms with Gasteiger partial charge in [0.05, 0.1) is 24.4 Å². The van der Waals surface area contributed by atoms with Gasteiger partial charge in [-0.05, 0) is 69.6 Å². The molecule has 3 fully saturated rings. The van der Waals surface area contributed by atoms with E-state index in [1.54, 1.807) is 0 Å². The predicted octanol–water partition coefficient (Wildman–Crippen LogP) is 2.70. The minimum atomic E-state index is -0.298. The van der Waals surface area contributed by atoms with Crippen molar-refractivity contribution in [2.24, 2.45) is 0 Å². The van der Waals surface area contributed by atoms with E-state index < -0.39 is 0 Å². The summed E-state index contributed by atoms with van der Waals surface area (Å²) in [5.74, 6) is 0.678. The van der Waals surface area contributed by atoms with Crippen LogP contribution in [0.3, 0.4) is 0 Å². The highest BCUT2D eigenvalue weighted by Crippen LogP contribution is 2.42. The molecule has 0 bridgehead atoms. The van der Waals surface area contributed by atoms with Gasteiger partial charge in [-0.25, -0.2) is 0 Å². The van der Waals surface area contributed by atoms with Crippen LogP contribution in [0.5, 0.6) is 0 Å². The molecule has 1 aromatic carbocycles. The molecule has 24 heavy (non-hydrogen) atoms. The summed E-state index contributed by atoms with van der Waals surface area (Å²) in [4.78, 5) is 2.40. The van der Waals surface area contributed by atoms with Gasteiger partial charge < -0.3 is 18.9 Å². The molecule has 0 spiro atoms. The average Bonchev–Trinajstić information content (AvgIpc) is 3.35. The van der Waals surface area contributed by atoms with Crippen molar-refractivity contribution in [1.82, 2.24) is 0 Å². The number of hydrogen-bond acceptors (Lipinski definition) is 4. The molecule has 4 rings (SSSR count). The molecule has 3 aliphatic rings. The first kappa shape index (κ1) is 16.4. The summed E-state index contributed by atoms with van der Waals surface area (Å²) in [5.41, 5.74) is 3.29. The van der Waals surface area contributed by atoms with Crippen LogP contribution in [-0.2, 0) is 14.0 Å². The second-order valence-corrected chi connectivity index (χ2v) is 8.28. The fourth-order valence-electron chi connectivity index (χ4n) is 3.52. The number of anilines is 1. The van der Waals surface area contributed by atoms with Gasteiger partial charge in [0.25, 0.3) is 0 Å². The maximum Gasteiger partial charge on any atom is 0.495 e. The molecule has 0 radical (unpaired) electrons. The Bertz CT molecular complexity index is 605. The van der Waals surface area contributed by atoms with Crippen LogP contribution < -0.4 is 10.4 Å². The molecule has 2 aliphatic heterocycles. The monoisotopic (exact) mass is 329 g/mol. The molecular formula is C19H28BNO3. The largest absolute Gasteiger partial charge is 0.495 e. The third-order valence-corrected chi connectivity index (χ3v) is 5.97. The molecule has 1 saturated carbocycles. The average molecular weight is 329 g/mol. The van der Waals surface area contributed by atoms with Crippen LogP contribution in [0.1, 0.15) is 52.0 Å². The number of rotatable bonds is 3. The van der Waals surface area contributed by atoms with E-state index in [1.165, 1.54) is 29.6 Å². The zero-order chi connectivity index (χ0) is 16.9. The summed E-state index contributed by atoms with van der Waals surface area (Å²) in [5, 5.41) is 0. The number of benzene rings is 1. The topological polar surface area (TPSA) is 30.9 Å². The molecule has 0 N–H and O–H groups in total. The molecule has 0 aromatic heterocycles. The van der Waals surface area contributed by atoms with Crippen molar-refractivity contribution in [2.75, 3.05) is 31.2 Å². The first-order valence-electron chi connectivity index (χ1n) is 9.19. The van der Waals surface area contributed by atoms with Gasteiger partial charge in [-0.1, -0.05) is 6.07 Å². The van der Waals surface area contributed by atoms with Gasteiger partial charge >= 0.3 is 7.12 Å². The summed E-state index contributed by atoms with van der Waals surface area (Å²) in [7, 11) is -0.272. The zero-order valence-electron chi connectivity index (χ0n) is 15.3. The van der Waals surface area contributed by atoms with E-state index in [1.807, 2.05) is 0 Å². The summed E-state index contributed by atoms with van der Waals surface area (Å²) in [6.45, 7) is 12.0. The van der Waals surface area contributed by atoms with Crippen molar-refractivity contribution < 1.29 is 14.0 Å². The van der Waals surface area contributed by atoms with Gasteiger partial charge in [0.1, 0.15) is 0 Å². The Hall–Kier alpha value is -1.04. The van der Waals surface area contributed by atoms with E-state index in [0.29, 0.717) is 5.92 Å². The lowest BCUT2D eigenvalue weighted by atomic mass is 9.74. The number of hydrogen-bond donors (Lipinski definition) is 0. The first-order valence-corrected chi connectivity index (χ1v) is 9.19. The SMILES string of the molecule is CC1(C)OB(c2cc(N3CCOCC3)ccc2C2CC2)OC1(C)C. The molecule has 5 heteroatoms. The van der Waals surface area contributed by atoms with Gasteiger partial charge in [0.2, 0.25) is 0 Å². The standard InChI is InChI=1S/C19H28BNO3/c1-18(2)19(3,4)24-20(23-18)17-13-15(21-9-11-22-12-10-21)7-8-16(17)14-5-6-14/h7-8,13-14H,5-6,9-12H2,1-4H3.